The van der Waals surface area contributed by atoms with Crippen LogP contribution in [0.1, 0.15) is 10.4 Å². The molecule has 0 unspecified atom stereocenters. The van der Waals surface area contributed by atoms with Gasteiger partial charge in [-0.15, -0.1) is 11.3 Å². The second-order valence-corrected chi connectivity index (χ2v) is 7.33. The number of rotatable bonds is 6. The third-order valence-electron chi connectivity index (χ3n) is 2.79. The first-order valence-corrected chi connectivity index (χ1v) is 8.92. The van der Waals surface area contributed by atoms with Crippen molar-refractivity contribution in [3.63, 3.8) is 0 Å². The van der Waals surface area contributed by atoms with Crippen LogP contribution < -0.4 is 10.5 Å². The maximum atomic E-state index is 11.8. The SMILES string of the molecule is NS(=O)(=O)c1cc(C(=O)OCC(=O)Nc2ccc([N+](=O)[O-])cc2)cs1. The average Bonchev–Trinajstić information content (AvgIpc) is 3.03. The highest BCUT2D eigenvalue weighted by Gasteiger charge is 2.17. The Morgan fingerprint density at radius 1 is 1.28 bits per heavy atom. The molecular formula is C13H11N3O7S2. The van der Waals surface area contributed by atoms with E-state index in [2.05, 4.69) is 5.32 Å². The van der Waals surface area contributed by atoms with Gasteiger partial charge in [-0.2, -0.15) is 0 Å². The fourth-order valence-corrected chi connectivity index (χ4v) is 3.23. The van der Waals surface area contributed by atoms with E-state index in [4.69, 9.17) is 9.88 Å². The number of carbonyl (C=O) groups excluding carboxylic acids is 2. The first-order chi connectivity index (χ1) is 11.7. The molecule has 0 bridgehead atoms. The number of hydrogen-bond donors (Lipinski definition) is 2. The van der Waals surface area contributed by atoms with Crippen molar-refractivity contribution in [2.75, 3.05) is 11.9 Å². The summed E-state index contributed by atoms with van der Waals surface area (Å²) >= 11 is 0.756. The monoisotopic (exact) mass is 385 g/mol. The van der Waals surface area contributed by atoms with Crippen molar-refractivity contribution in [2.45, 2.75) is 4.21 Å². The third-order valence-corrected chi connectivity index (χ3v) is 5.17. The van der Waals surface area contributed by atoms with E-state index >= 15 is 0 Å². The van der Waals surface area contributed by atoms with Gasteiger partial charge in [-0.05, 0) is 18.2 Å². The van der Waals surface area contributed by atoms with E-state index in [1.807, 2.05) is 0 Å². The summed E-state index contributed by atoms with van der Waals surface area (Å²) in [5, 5.41) is 19.1. The molecule has 12 heteroatoms. The zero-order chi connectivity index (χ0) is 18.6. The van der Waals surface area contributed by atoms with Gasteiger partial charge in [-0.1, -0.05) is 0 Å². The van der Waals surface area contributed by atoms with E-state index in [1.165, 1.54) is 29.6 Å². The molecule has 25 heavy (non-hydrogen) atoms. The highest BCUT2D eigenvalue weighted by molar-refractivity contribution is 7.91. The second kappa shape index (κ2) is 7.38. The van der Waals surface area contributed by atoms with Crippen LogP contribution in [-0.2, 0) is 19.6 Å². The van der Waals surface area contributed by atoms with Gasteiger partial charge >= 0.3 is 5.97 Å². The summed E-state index contributed by atoms with van der Waals surface area (Å²) in [6, 6.07) is 6.13. The van der Waals surface area contributed by atoms with E-state index in [0.29, 0.717) is 5.69 Å². The number of non-ortho nitro benzene ring substituents is 1. The van der Waals surface area contributed by atoms with Gasteiger partial charge in [0.05, 0.1) is 10.5 Å². The number of benzene rings is 1. The molecule has 2 aromatic rings. The van der Waals surface area contributed by atoms with E-state index in [-0.39, 0.29) is 15.5 Å². The average molecular weight is 385 g/mol. The lowest BCUT2D eigenvalue weighted by Crippen LogP contribution is -2.20. The maximum Gasteiger partial charge on any atom is 0.339 e. The molecule has 1 heterocycles. The minimum absolute atomic E-state index is 0.0443. The summed E-state index contributed by atoms with van der Waals surface area (Å²) in [6.45, 7) is -0.615. The number of sulfonamides is 1. The predicted molar refractivity (Wildman–Crippen MR) is 87.7 cm³/mol. The number of esters is 1. The van der Waals surface area contributed by atoms with Crippen LogP contribution in [0.15, 0.2) is 39.9 Å². The van der Waals surface area contributed by atoms with Gasteiger partial charge in [-0.3, -0.25) is 14.9 Å². The van der Waals surface area contributed by atoms with E-state index in [9.17, 15) is 28.1 Å². The zero-order valence-corrected chi connectivity index (χ0v) is 14.0. The van der Waals surface area contributed by atoms with Crippen LogP contribution in [0.4, 0.5) is 11.4 Å². The van der Waals surface area contributed by atoms with Gasteiger partial charge in [-0.25, -0.2) is 18.4 Å². The highest BCUT2D eigenvalue weighted by atomic mass is 32.2. The highest BCUT2D eigenvalue weighted by Crippen LogP contribution is 2.19. The number of nitro benzene ring substituents is 1. The molecule has 1 amide bonds. The molecule has 3 N–H and O–H groups in total. The molecular weight excluding hydrogens is 374 g/mol. The number of nitro groups is 1. The molecule has 0 atom stereocenters. The number of anilines is 1. The number of hydrogen-bond acceptors (Lipinski definition) is 8. The normalized spacial score (nSPS) is 10.9. The van der Waals surface area contributed by atoms with Crippen LogP contribution >= 0.6 is 11.3 Å². The summed E-state index contributed by atoms with van der Waals surface area (Å²) in [5.41, 5.74) is 0.114. The zero-order valence-electron chi connectivity index (χ0n) is 12.4. The maximum absolute atomic E-state index is 11.8. The molecule has 1 aromatic heterocycles. The Morgan fingerprint density at radius 2 is 1.92 bits per heavy atom. The number of nitrogens with two attached hydrogens (primary N) is 1. The largest absolute Gasteiger partial charge is 0.452 e. The molecule has 0 aliphatic carbocycles. The smallest absolute Gasteiger partial charge is 0.339 e. The molecule has 0 aliphatic rings. The summed E-state index contributed by atoms with van der Waals surface area (Å²) in [4.78, 5) is 33.4. The molecule has 1 aromatic carbocycles. The molecule has 0 spiro atoms. The predicted octanol–water partition coefficient (Wildman–Crippen LogP) is 1.10. The second-order valence-electron chi connectivity index (χ2n) is 4.63. The molecule has 0 radical (unpaired) electrons. The Balaban J connectivity index is 1.90. The lowest BCUT2D eigenvalue weighted by molar-refractivity contribution is -0.384. The minimum atomic E-state index is -3.91. The Kier molecular flexibility index (Phi) is 5.46. The molecule has 0 saturated heterocycles. The van der Waals surface area contributed by atoms with E-state index < -0.39 is 33.4 Å². The Hall–Kier alpha value is -2.83. The number of nitrogens with zero attached hydrogens (tertiary/aromatic N) is 1. The van der Waals surface area contributed by atoms with Crippen LogP contribution in [0.5, 0.6) is 0 Å². The Bertz CT molecular complexity index is 919. The lowest BCUT2D eigenvalue weighted by atomic mass is 10.3. The summed E-state index contributed by atoms with van der Waals surface area (Å²) < 4.78 is 26.8. The molecule has 0 aliphatic heterocycles. The van der Waals surface area contributed by atoms with E-state index in [0.717, 1.165) is 17.4 Å². The van der Waals surface area contributed by atoms with Crippen LogP contribution in [0.2, 0.25) is 0 Å². The van der Waals surface area contributed by atoms with Crippen LogP contribution in [0.25, 0.3) is 0 Å². The van der Waals surface area contributed by atoms with Gasteiger partial charge in [0.15, 0.2) is 6.61 Å². The van der Waals surface area contributed by atoms with Crippen molar-refractivity contribution in [1.82, 2.24) is 0 Å². The number of amides is 1. The molecule has 2 rings (SSSR count). The molecule has 132 valence electrons. The number of nitrogens with one attached hydrogen (secondary N) is 1. The van der Waals surface area contributed by atoms with Crippen molar-refractivity contribution >= 4 is 44.6 Å². The summed E-state index contributed by atoms with van der Waals surface area (Å²) in [7, 11) is -3.91. The van der Waals surface area contributed by atoms with Gasteiger partial charge in [0.2, 0.25) is 10.0 Å². The van der Waals surface area contributed by atoms with Crippen molar-refractivity contribution in [3.05, 3.63) is 51.4 Å². The standard InChI is InChI=1S/C13H11N3O7S2/c14-25(21,22)12-5-8(7-24-12)13(18)23-6-11(17)15-9-1-3-10(4-2-9)16(19)20/h1-5,7H,6H2,(H,15,17)(H2,14,21,22). The van der Waals surface area contributed by atoms with Crippen molar-refractivity contribution in [3.8, 4) is 0 Å². The number of thiophene rings is 1. The number of primary sulfonamides is 1. The van der Waals surface area contributed by atoms with Gasteiger partial charge in [0, 0.05) is 23.2 Å². The summed E-state index contributed by atoms with van der Waals surface area (Å²) in [5.74, 6) is -1.55. The van der Waals surface area contributed by atoms with Crippen LogP contribution in [0.3, 0.4) is 0 Å². The topological polar surface area (TPSA) is 159 Å². The van der Waals surface area contributed by atoms with Gasteiger partial charge < -0.3 is 10.1 Å². The molecule has 0 fully saturated rings. The Labute approximate surface area is 145 Å². The Morgan fingerprint density at radius 3 is 2.44 bits per heavy atom. The fraction of sp³-hybridized carbons (Fsp3) is 0.0769. The first-order valence-electron chi connectivity index (χ1n) is 6.49. The van der Waals surface area contributed by atoms with Crippen molar-refractivity contribution < 1.29 is 27.7 Å². The van der Waals surface area contributed by atoms with Crippen LogP contribution in [-0.4, -0.2) is 31.8 Å². The number of carbonyl (C=O) groups is 2. The van der Waals surface area contributed by atoms with Gasteiger partial charge in [0.25, 0.3) is 11.6 Å². The summed E-state index contributed by atoms with van der Waals surface area (Å²) in [6.07, 6.45) is 0. The van der Waals surface area contributed by atoms with E-state index in [1.54, 1.807) is 0 Å². The number of ether oxygens (including phenoxy) is 1. The first kappa shape index (κ1) is 18.5. The lowest BCUT2D eigenvalue weighted by Gasteiger charge is -2.05. The fourth-order valence-electron chi connectivity index (χ4n) is 1.65. The quantitative estimate of drug-likeness (QED) is 0.428. The molecule has 10 nitrogen and oxygen atoms in total. The van der Waals surface area contributed by atoms with Crippen molar-refractivity contribution in [2.24, 2.45) is 5.14 Å². The van der Waals surface area contributed by atoms with Crippen molar-refractivity contribution in [1.29, 1.82) is 0 Å². The third kappa shape index (κ3) is 5.07. The van der Waals surface area contributed by atoms with Crippen LogP contribution in [0, 0.1) is 10.1 Å². The molecule has 0 saturated carbocycles. The minimum Gasteiger partial charge on any atom is -0.452 e. The van der Waals surface area contributed by atoms with Gasteiger partial charge in [0.1, 0.15) is 4.21 Å².